The standard InChI is InChI=1S/C18H21NO10P2/c1-12(2)26-17(20)27-15-8-4-3-7-14(15)16-28-30(22,23)18(21,31(24,25)29-16)10-13-6-5-9-19-11-13/h3-9,11-12,16,21H,10H2,1-2H3,(H,22,23)(H,24,25)/t16-,18-. The van der Waals surface area contributed by atoms with Crippen molar-refractivity contribution < 1.29 is 47.3 Å². The Morgan fingerprint density at radius 3 is 2.39 bits per heavy atom. The van der Waals surface area contributed by atoms with E-state index in [0.717, 1.165) is 0 Å². The van der Waals surface area contributed by atoms with Gasteiger partial charge in [0, 0.05) is 18.8 Å². The molecule has 1 fully saturated rings. The normalized spacial score (nSPS) is 30.7. The highest BCUT2D eigenvalue weighted by Gasteiger charge is 2.67. The number of carbonyl (C=O) groups is 1. The average Bonchev–Trinajstić information content (AvgIpc) is 2.66. The molecule has 1 aromatic heterocycles. The van der Waals surface area contributed by atoms with Crippen molar-refractivity contribution in [1.82, 2.24) is 4.98 Å². The Hall–Kier alpha value is -2.10. The molecule has 2 atom stereocenters. The third-order valence-electron chi connectivity index (χ3n) is 4.24. The van der Waals surface area contributed by atoms with E-state index in [1.807, 2.05) is 0 Å². The van der Waals surface area contributed by atoms with E-state index in [1.54, 1.807) is 13.8 Å². The summed E-state index contributed by atoms with van der Waals surface area (Å²) in [6.45, 7) is 3.21. The Balaban J connectivity index is 1.92. The summed E-state index contributed by atoms with van der Waals surface area (Å²) >= 11 is 0. The number of hydrogen-bond donors (Lipinski definition) is 3. The monoisotopic (exact) mass is 473 g/mol. The van der Waals surface area contributed by atoms with E-state index in [0.29, 0.717) is 0 Å². The molecular weight excluding hydrogens is 452 g/mol. The molecule has 3 N–H and O–H groups in total. The van der Waals surface area contributed by atoms with Crippen LogP contribution in [0.25, 0.3) is 0 Å². The fourth-order valence-corrected chi connectivity index (χ4v) is 6.33. The van der Waals surface area contributed by atoms with Crippen molar-refractivity contribution in [3.8, 4) is 5.75 Å². The molecule has 1 aliphatic rings. The van der Waals surface area contributed by atoms with Crippen LogP contribution in [0.2, 0.25) is 0 Å². The lowest BCUT2D eigenvalue weighted by molar-refractivity contribution is -0.0589. The van der Waals surface area contributed by atoms with E-state index in [-0.39, 0.29) is 16.9 Å². The lowest BCUT2D eigenvalue weighted by Crippen LogP contribution is -2.38. The number of hydrogen-bond acceptors (Lipinski definition) is 9. The van der Waals surface area contributed by atoms with Gasteiger partial charge in [-0.25, -0.2) is 4.79 Å². The summed E-state index contributed by atoms with van der Waals surface area (Å²) in [4.78, 5) is 36.5. The van der Waals surface area contributed by atoms with Crippen molar-refractivity contribution in [3.05, 3.63) is 59.9 Å². The first-order valence-electron chi connectivity index (χ1n) is 9.06. The minimum absolute atomic E-state index is 0.129. The molecular formula is C18H21NO10P2. The number of aliphatic hydroxyl groups is 1. The first-order valence-corrected chi connectivity index (χ1v) is 12.2. The van der Waals surface area contributed by atoms with Crippen LogP contribution >= 0.6 is 15.2 Å². The maximum Gasteiger partial charge on any atom is 0.514 e. The molecule has 1 aliphatic heterocycles. The van der Waals surface area contributed by atoms with Crippen molar-refractivity contribution >= 4 is 21.3 Å². The SMILES string of the molecule is CC(C)OC(=O)Oc1ccccc1[C@H]1OP(=O)(O)[C@@](O)(Cc2cccnc2)P(=O)(O)O1. The van der Waals surface area contributed by atoms with Crippen LogP contribution in [-0.4, -0.2) is 37.2 Å². The van der Waals surface area contributed by atoms with Crippen LogP contribution in [0.5, 0.6) is 5.75 Å². The molecule has 0 spiro atoms. The smallest absolute Gasteiger partial charge is 0.431 e. The quantitative estimate of drug-likeness (QED) is 0.332. The molecule has 2 aromatic rings. The number of rotatable bonds is 5. The lowest BCUT2D eigenvalue weighted by atomic mass is 10.2. The van der Waals surface area contributed by atoms with Crippen molar-refractivity contribution in [2.75, 3.05) is 0 Å². The fraction of sp³-hybridized carbons (Fsp3) is 0.333. The van der Waals surface area contributed by atoms with Crippen LogP contribution < -0.4 is 4.74 Å². The topological polar surface area (TPSA) is 162 Å². The zero-order valence-corrected chi connectivity index (χ0v) is 18.3. The highest BCUT2D eigenvalue weighted by atomic mass is 31.2. The molecule has 168 valence electrons. The van der Waals surface area contributed by atoms with Gasteiger partial charge in [0.1, 0.15) is 5.75 Å². The highest BCUT2D eigenvalue weighted by molar-refractivity contribution is 7.73. The number of pyridine rings is 1. The van der Waals surface area contributed by atoms with E-state index >= 15 is 0 Å². The van der Waals surface area contributed by atoms with E-state index in [9.17, 15) is 28.8 Å². The molecule has 0 radical (unpaired) electrons. The van der Waals surface area contributed by atoms with Crippen LogP contribution in [0.1, 0.15) is 31.3 Å². The first kappa shape index (κ1) is 23.6. The number of nitrogens with zero attached hydrogens (tertiary/aromatic N) is 1. The van der Waals surface area contributed by atoms with Gasteiger partial charge in [0.15, 0.2) is 0 Å². The maximum absolute atomic E-state index is 12.9. The van der Waals surface area contributed by atoms with Gasteiger partial charge in [-0.2, -0.15) is 0 Å². The van der Waals surface area contributed by atoms with Crippen molar-refractivity contribution in [2.45, 2.75) is 37.7 Å². The Bertz CT molecular complexity index is 1020. The molecule has 11 nitrogen and oxygen atoms in total. The second-order valence-electron chi connectivity index (χ2n) is 6.95. The van der Waals surface area contributed by atoms with E-state index in [1.165, 1.54) is 48.8 Å². The maximum atomic E-state index is 12.9. The molecule has 13 heteroatoms. The summed E-state index contributed by atoms with van der Waals surface area (Å²) in [5.41, 5.74) is 0.0783. The van der Waals surface area contributed by atoms with Crippen molar-refractivity contribution in [1.29, 1.82) is 0 Å². The number of carbonyl (C=O) groups excluding carboxylic acids is 1. The minimum Gasteiger partial charge on any atom is -0.431 e. The number of benzene rings is 1. The Labute approximate surface area is 177 Å². The number of ether oxygens (including phenoxy) is 2. The van der Waals surface area contributed by atoms with E-state index < -0.39 is 45.2 Å². The highest BCUT2D eigenvalue weighted by Crippen LogP contribution is 2.79. The first-order chi connectivity index (χ1) is 14.5. The average molecular weight is 473 g/mol. The molecule has 1 saturated heterocycles. The third kappa shape index (κ3) is 4.88. The summed E-state index contributed by atoms with van der Waals surface area (Å²) in [5.74, 6) is -0.184. The summed E-state index contributed by atoms with van der Waals surface area (Å²) < 4.78 is 45.8. The fourth-order valence-electron chi connectivity index (χ4n) is 2.77. The molecule has 31 heavy (non-hydrogen) atoms. The van der Waals surface area contributed by atoms with Crippen LogP contribution in [0.4, 0.5) is 4.79 Å². The second-order valence-corrected chi connectivity index (χ2v) is 11.3. The second kappa shape index (κ2) is 8.80. The van der Waals surface area contributed by atoms with Crippen LogP contribution in [-0.2, 0) is 29.3 Å². The summed E-state index contributed by atoms with van der Waals surface area (Å²) in [6, 6.07) is 8.49. The van der Waals surface area contributed by atoms with Crippen LogP contribution in [0.3, 0.4) is 0 Å². The summed E-state index contributed by atoms with van der Waals surface area (Å²) in [5, 5.41) is 7.62. The molecule has 0 saturated carbocycles. The molecule has 0 amide bonds. The molecule has 0 bridgehead atoms. The predicted octanol–water partition coefficient (Wildman–Crippen LogP) is 3.31. The number of para-hydroxylation sites is 1. The van der Waals surface area contributed by atoms with Crippen LogP contribution in [0.15, 0.2) is 48.8 Å². The molecule has 1 aromatic carbocycles. The Kier molecular flexibility index (Phi) is 6.69. The Morgan fingerprint density at radius 1 is 1.16 bits per heavy atom. The van der Waals surface area contributed by atoms with Gasteiger partial charge in [-0.3, -0.25) is 23.2 Å². The van der Waals surface area contributed by atoms with Gasteiger partial charge in [-0.05, 0) is 31.5 Å². The van der Waals surface area contributed by atoms with Crippen LogP contribution in [0, 0.1) is 0 Å². The van der Waals surface area contributed by atoms with Gasteiger partial charge in [0.05, 0.1) is 11.7 Å². The summed E-state index contributed by atoms with van der Waals surface area (Å²) in [7, 11) is -10.4. The molecule has 2 heterocycles. The van der Waals surface area contributed by atoms with Gasteiger partial charge in [-0.15, -0.1) is 0 Å². The van der Waals surface area contributed by atoms with Crippen molar-refractivity contribution in [3.63, 3.8) is 0 Å². The van der Waals surface area contributed by atoms with Gasteiger partial charge in [0.2, 0.25) is 6.29 Å². The zero-order valence-electron chi connectivity index (χ0n) is 16.5. The third-order valence-corrected chi connectivity index (χ3v) is 8.84. The van der Waals surface area contributed by atoms with E-state index in [2.05, 4.69) is 4.98 Å². The van der Waals surface area contributed by atoms with E-state index in [4.69, 9.17) is 18.5 Å². The predicted molar refractivity (Wildman–Crippen MR) is 106 cm³/mol. The zero-order chi connectivity index (χ0) is 22.9. The van der Waals surface area contributed by atoms with Gasteiger partial charge in [0.25, 0.3) is 5.08 Å². The lowest BCUT2D eigenvalue weighted by Gasteiger charge is -2.41. The van der Waals surface area contributed by atoms with Gasteiger partial charge in [-0.1, -0.05) is 24.3 Å². The summed E-state index contributed by atoms with van der Waals surface area (Å²) in [6.07, 6.45) is -1.47. The Morgan fingerprint density at radius 2 is 1.81 bits per heavy atom. The van der Waals surface area contributed by atoms with Crippen molar-refractivity contribution in [2.24, 2.45) is 0 Å². The largest absolute Gasteiger partial charge is 0.514 e. The molecule has 3 rings (SSSR count). The number of aromatic nitrogens is 1. The van der Waals surface area contributed by atoms with Gasteiger partial charge < -0.3 is 24.4 Å². The molecule has 2 unspecified atom stereocenters. The van der Waals surface area contributed by atoms with Gasteiger partial charge >= 0.3 is 21.3 Å². The molecule has 0 aliphatic carbocycles. The minimum atomic E-state index is -5.18.